The number of rotatable bonds is 5. The summed E-state index contributed by atoms with van der Waals surface area (Å²) < 4.78 is 19.2. The molecule has 0 aliphatic heterocycles. The minimum absolute atomic E-state index is 0.312. The molecule has 0 spiro atoms. The lowest BCUT2D eigenvalue weighted by atomic mass is 9.79. The molecule has 2 aromatic rings. The summed E-state index contributed by atoms with van der Waals surface area (Å²) in [7, 11) is 0. The van der Waals surface area contributed by atoms with Crippen LogP contribution in [0, 0.1) is 5.82 Å². The highest BCUT2D eigenvalue weighted by atomic mass is 35.5. The SMILES string of the molecule is CC(OC(=O)C1(c2cccc(F)c2)CCCC1)C(=O)c1cccc(Cl)c1. The van der Waals surface area contributed by atoms with Crippen molar-refractivity contribution in [2.75, 3.05) is 0 Å². The number of carbonyl (C=O) groups is 2. The molecule has 0 bridgehead atoms. The van der Waals surface area contributed by atoms with Crippen molar-refractivity contribution in [1.82, 2.24) is 0 Å². The Morgan fingerprint density at radius 2 is 1.81 bits per heavy atom. The van der Waals surface area contributed by atoms with Crippen molar-refractivity contribution in [2.45, 2.75) is 44.1 Å². The van der Waals surface area contributed by atoms with Gasteiger partial charge in [-0.05, 0) is 49.6 Å². The molecule has 136 valence electrons. The standard InChI is InChI=1S/C21H20ClFO3/c1-14(19(24)15-6-4-8-17(22)12-15)26-20(25)21(10-2-3-11-21)16-7-5-9-18(23)13-16/h4-9,12-14H,2-3,10-11H2,1H3. The minimum Gasteiger partial charge on any atom is -0.454 e. The fraction of sp³-hybridized carbons (Fsp3) is 0.333. The Balaban J connectivity index is 1.81. The molecule has 1 atom stereocenters. The Hall–Kier alpha value is -2.20. The van der Waals surface area contributed by atoms with Gasteiger partial charge >= 0.3 is 5.97 Å². The molecule has 2 aromatic carbocycles. The third-order valence-corrected chi connectivity index (χ3v) is 5.22. The van der Waals surface area contributed by atoms with Gasteiger partial charge in [0.1, 0.15) is 5.82 Å². The zero-order valence-electron chi connectivity index (χ0n) is 14.5. The van der Waals surface area contributed by atoms with Crippen molar-refractivity contribution < 1.29 is 18.7 Å². The van der Waals surface area contributed by atoms with Crippen molar-refractivity contribution in [3.05, 3.63) is 70.5 Å². The largest absolute Gasteiger partial charge is 0.454 e. The Morgan fingerprint density at radius 1 is 1.12 bits per heavy atom. The summed E-state index contributed by atoms with van der Waals surface area (Å²) in [5.74, 6) is -1.17. The van der Waals surface area contributed by atoms with Crippen LogP contribution in [0.25, 0.3) is 0 Å². The summed E-state index contributed by atoms with van der Waals surface area (Å²) in [5.41, 5.74) is 0.122. The molecule has 0 heterocycles. The highest BCUT2D eigenvalue weighted by Crippen LogP contribution is 2.42. The molecular weight excluding hydrogens is 355 g/mol. The van der Waals surface area contributed by atoms with Crippen LogP contribution in [0.15, 0.2) is 48.5 Å². The maximum Gasteiger partial charge on any atom is 0.317 e. The number of halogens is 2. The molecule has 3 rings (SSSR count). The molecule has 1 aliphatic rings. The lowest BCUT2D eigenvalue weighted by molar-refractivity contribution is -0.153. The van der Waals surface area contributed by atoms with Gasteiger partial charge in [-0.3, -0.25) is 9.59 Å². The van der Waals surface area contributed by atoms with Crippen LogP contribution in [-0.4, -0.2) is 17.9 Å². The molecule has 0 saturated heterocycles. The van der Waals surface area contributed by atoms with Gasteiger partial charge in [0, 0.05) is 10.6 Å². The van der Waals surface area contributed by atoms with Crippen LogP contribution < -0.4 is 0 Å². The maximum absolute atomic E-state index is 13.7. The van der Waals surface area contributed by atoms with Gasteiger partial charge < -0.3 is 4.74 Å². The summed E-state index contributed by atoms with van der Waals surface area (Å²) in [6.45, 7) is 1.55. The van der Waals surface area contributed by atoms with E-state index in [4.69, 9.17) is 16.3 Å². The second-order valence-corrected chi connectivity index (χ2v) is 7.16. The first-order valence-electron chi connectivity index (χ1n) is 8.69. The molecule has 0 radical (unpaired) electrons. The molecule has 0 N–H and O–H groups in total. The maximum atomic E-state index is 13.7. The van der Waals surface area contributed by atoms with Gasteiger partial charge in [-0.2, -0.15) is 0 Å². The highest BCUT2D eigenvalue weighted by molar-refractivity contribution is 6.31. The number of carbonyl (C=O) groups excluding carboxylic acids is 2. The van der Waals surface area contributed by atoms with E-state index < -0.39 is 17.5 Å². The second-order valence-electron chi connectivity index (χ2n) is 6.72. The first-order chi connectivity index (χ1) is 12.4. The normalized spacial score (nSPS) is 16.9. The molecule has 5 heteroatoms. The van der Waals surface area contributed by atoms with E-state index >= 15 is 0 Å². The smallest absolute Gasteiger partial charge is 0.317 e. The second kappa shape index (κ2) is 7.58. The average molecular weight is 375 g/mol. The van der Waals surface area contributed by atoms with Crippen LogP contribution in [0.1, 0.15) is 48.5 Å². The fourth-order valence-electron chi connectivity index (χ4n) is 3.58. The van der Waals surface area contributed by atoms with Crippen LogP contribution in [-0.2, 0) is 14.9 Å². The summed E-state index contributed by atoms with van der Waals surface area (Å²) >= 11 is 5.92. The molecule has 0 amide bonds. The Morgan fingerprint density at radius 3 is 2.46 bits per heavy atom. The average Bonchev–Trinajstić information content (AvgIpc) is 3.12. The number of Topliss-reactive ketones (excluding diaryl/α,β-unsaturated/α-hetero) is 1. The fourth-order valence-corrected chi connectivity index (χ4v) is 3.77. The highest BCUT2D eigenvalue weighted by Gasteiger charge is 2.45. The Bertz CT molecular complexity index is 828. The van der Waals surface area contributed by atoms with Crippen LogP contribution in [0.2, 0.25) is 5.02 Å². The molecule has 0 aromatic heterocycles. The van der Waals surface area contributed by atoms with Gasteiger partial charge in [-0.25, -0.2) is 4.39 Å². The number of ketones is 1. The van der Waals surface area contributed by atoms with E-state index in [1.165, 1.54) is 12.1 Å². The molecule has 1 fully saturated rings. The van der Waals surface area contributed by atoms with Crippen LogP contribution in [0.5, 0.6) is 0 Å². The number of ether oxygens (including phenoxy) is 1. The molecular formula is C21H20ClFO3. The third kappa shape index (κ3) is 3.65. The van der Waals surface area contributed by atoms with Crippen LogP contribution in [0.3, 0.4) is 0 Å². The van der Waals surface area contributed by atoms with Gasteiger partial charge in [-0.1, -0.05) is 48.7 Å². The van der Waals surface area contributed by atoms with Gasteiger partial charge in [0.2, 0.25) is 5.78 Å². The van der Waals surface area contributed by atoms with Crippen molar-refractivity contribution in [2.24, 2.45) is 0 Å². The number of esters is 1. The molecule has 1 aliphatic carbocycles. The summed E-state index contributed by atoms with van der Waals surface area (Å²) in [6, 6.07) is 12.6. The van der Waals surface area contributed by atoms with Crippen LogP contribution >= 0.6 is 11.6 Å². The first kappa shape index (κ1) is 18.6. The first-order valence-corrected chi connectivity index (χ1v) is 9.07. The Labute approximate surface area is 157 Å². The van der Waals surface area contributed by atoms with Gasteiger partial charge in [0.15, 0.2) is 6.10 Å². The van der Waals surface area contributed by atoms with E-state index in [1.54, 1.807) is 43.3 Å². The predicted molar refractivity (Wildman–Crippen MR) is 97.9 cm³/mol. The summed E-state index contributed by atoms with van der Waals surface area (Å²) in [5, 5.41) is 0.446. The van der Waals surface area contributed by atoms with Gasteiger partial charge in [0.05, 0.1) is 5.41 Å². The van der Waals surface area contributed by atoms with Crippen LogP contribution in [0.4, 0.5) is 4.39 Å². The Kier molecular flexibility index (Phi) is 5.42. The topological polar surface area (TPSA) is 43.4 Å². The molecule has 3 nitrogen and oxygen atoms in total. The van der Waals surface area contributed by atoms with Crippen molar-refractivity contribution >= 4 is 23.4 Å². The summed E-state index contributed by atoms with van der Waals surface area (Å²) in [4.78, 5) is 25.5. The van der Waals surface area contributed by atoms with Crippen molar-refractivity contribution in [3.63, 3.8) is 0 Å². The molecule has 1 unspecified atom stereocenters. The summed E-state index contributed by atoms with van der Waals surface area (Å²) in [6.07, 6.45) is 1.97. The van der Waals surface area contributed by atoms with Gasteiger partial charge in [0.25, 0.3) is 0 Å². The minimum atomic E-state index is -0.938. The van der Waals surface area contributed by atoms with E-state index in [9.17, 15) is 14.0 Å². The lowest BCUT2D eigenvalue weighted by Gasteiger charge is -2.28. The van der Waals surface area contributed by atoms with Gasteiger partial charge in [-0.15, -0.1) is 0 Å². The van der Waals surface area contributed by atoms with Crippen molar-refractivity contribution in [1.29, 1.82) is 0 Å². The quantitative estimate of drug-likeness (QED) is 0.539. The van der Waals surface area contributed by atoms with E-state index in [0.29, 0.717) is 29.0 Å². The zero-order valence-corrected chi connectivity index (χ0v) is 15.3. The number of hydrogen-bond donors (Lipinski definition) is 0. The van der Waals surface area contributed by atoms with E-state index in [2.05, 4.69) is 0 Å². The third-order valence-electron chi connectivity index (χ3n) is 4.99. The zero-order chi connectivity index (χ0) is 18.7. The van der Waals surface area contributed by atoms with E-state index in [1.807, 2.05) is 0 Å². The van der Waals surface area contributed by atoms with E-state index in [0.717, 1.165) is 12.8 Å². The lowest BCUT2D eigenvalue weighted by Crippen LogP contribution is -2.38. The molecule has 1 saturated carbocycles. The predicted octanol–water partition coefficient (Wildman–Crippen LogP) is 5.11. The molecule has 26 heavy (non-hydrogen) atoms. The number of hydrogen-bond acceptors (Lipinski definition) is 3. The monoisotopic (exact) mass is 374 g/mol. The number of benzene rings is 2. The van der Waals surface area contributed by atoms with Crippen molar-refractivity contribution in [3.8, 4) is 0 Å². The van der Waals surface area contributed by atoms with E-state index in [-0.39, 0.29) is 11.6 Å².